The summed E-state index contributed by atoms with van der Waals surface area (Å²) in [5.41, 5.74) is 6.22. The van der Waals surface area contributed by atoms with Crippen molar-refractivity contribution in [3.8, 4) is 11.1 Å². The van der Waals surface area contributed by atoms with Gasteiger partial charge in [-0.05, 0) is 6.07 Å². The molecule has 1 aromatic heterocycles. The van der Waals surface area contributed by atoms with Gasteiger partial charge in [0.1, 0.15) is 18.0 Å². The van der Waals surface area contributed by atoms with Gasteiger partial charge < -0.3 is 10.5 Å². The molecule has 0 saturated carbocycles. The highest BCUT2D eigenvalue weighted by atomic mass is 32.2. The maximum absolute atomic E-state index is 14.8. The summed E-state index contributed by atoms with van der Waals surface area (Å²) in [4.78, 5) is 12.4. The zero-order valence-corrected chi connectivity index (χ0v) is 14.1. The lowest BCUT2D eigenvalue weighted by molar-refractivity contribution is 0.00883. The number of halogens is 2. The van der Waals surface area contributed by atoms with E-state index in [1.165, 1.54) is 36.5 Å². The predicted molar refractivity (Wildman–Crippen MR) is 92.1 cm³/mol. The Balaban J connectivity index is 1.91. The molecule has 2 unspecified atom stereocenters. The predicted octanol–water partition coefficient (Wildman–Crippen LogP) is 2.72. The highest BCUT2D eigenvalue weighted by Gasteiger charge is 2.47. The van der Waals surface area contributed by atoms with Crippen molar-refractivity contribution in [3.05, 3.63) is 48.1 Å². The van der Waals surface area contributed by atoms with E-state index in [1.54, 1.807) is 0 Å². The van der Waals surface area contributed by atoms with Gasteiger partial charge in [0.25, 0.3) is 0 Å². The molecule has 1 saturated heterocycles. The minimum Gasteiger partial charge on any atom is -0.381 e. The molecule has 2 aliphatic rings. The number of aromatic nitrogens is 2. The molecule has 4 rings (SSSR count). The SMILES string of the molecule is NC1=NC2(c3cc(-c4cncnc4)c(F)cc3F)CCOCC2CS1. The first-order chi connectivity index (χ1) is 12.1. The molecule has 2 atom stereocenters. The number of nitrogens with two attached hydrogens (primary N) is 1. The van der Waals surface area contributed by atoms with E-state index in [-0.39, 0.29) is 11.5 Å². The van der Waals surface area contributed by atoms with Crippen LogP contribution >= 0.6 is 11.8 Å². The second-order valence-corrected chi connectivity index (χ2v) is 7.19. The summed E-state index contributed by atoms with van der Waals surface area (Å²) in [7, 11) is 0. The van der Waals surface area contributed by atoms with Crippen LogP contribution < -0.4 is 5.73 Å². The molecule has 2 aliphatic heterocycles. The Hall–Kier alpha value is -2.06. The molecule has 3 heterocycles. The number of amidine groups is 1. The van der Waals surface area contributed by atoms with Crippen LogP contribution in [0.4, 0.5) is 8.78 Å². The van der Waals surface area contributed by atoms with Crippen LogP contribution in [0.1, 0.15) is 12.0 Å². The fourth-order valence-corrected chi connectivity index (χ4v) is 4.47. The molecule has 25 heavy (non-hydrogen) atoms. The third-order valence-corrected chi connectivity index (χ3v) is 5.71. The smallest absolute Gasteiger partial charge is 0.154 e. The maximum atomic E-state index is 14.8. The second kappa shape index (κ2) is 6.34. The molecule has 2 N–H and O–H groups in total. The molecule has 2 aromatic rings. The molecule has 1 fully saturated rings. The van der Waals surface area contributed by atoms with Crippen LogP contribution in [0, 0.1) is 17.6 Å². The quantitative estimate of drug-likeness (QED) is 0.889. The standard InChI is InChI=1S/C17H16F2N4OS/c18-14-4-15(19)13(3-12(14)10-5-21-9-22-6-10)17-1-2-24-7-11(17)8-25-16(20)23-17/h3-6,9,11H,1-2,7-8H2,(H2,20,23). The van der Waals surface area contributed by atoms with Gasteiger partial charge in [0.2, 0.25) is 0 Å². The van der Waals surface area contributed by atoms with Crippen molar-refractivity contribution in [1.82, 2.24) is 9.97 Å². The Morgan fingerprint density at radius 3 is 2.80 bits per heavy atom. The number of fused-ring (bicyclic) bond motifs is 1. The summed E-state index contributed by atoms with van der Waals surface area (Å²) in [6.45, 7) is 0.933. The highest BCUT2D eigenvalue weighted by Crippen LogP contribution is 2.47. The van der Waals surface area contributed by atoms with Crippen LogP contribution in [0.5, 0.6) is 0 Å². The minimum atomic E-state index is -0.824. The summed E-state index contributed by atoms with van der Waals surface area (Å²) in [5.74, 6) is -0.597. The second-order valence-electron chi connectivity index (χ2n) is 6.15. The third-order valence-electron chi connectivity index (χ3n) is 4.76. The number of aliphatic imine (C=N–C) groups is 1. The number of hydrogen-bond acceptors (Lipinski definition) is 6. The molecule has 0 bridgehead atoms. The van der Waals surface area contributed by atoms with E-state index in [9.17, 15) is 8.78 Å². The Labute approximate surface area is 147 Å². The monoisotopic (exact) mass is 362 g/mol. The van der Waals surface area contributed by atoms with Gasteiger partial charge in [-0.1, -0.05) is 11.8 Å². The van der Waals surface area contributed by atoms with E-state index in [1.807, 2.05) is 0 Å². The van der Waals surface area contributed by atoms with Crippen LogP contribution in [0.3, 0.4) is 0 Å². The molecule has 0 spiro atoms. The first kappa shape index (κ1) is 16.4. The van der Waals surface area contributed by atoms with Crippen molar-refractivity contribution < 1.29 is 13.5 Å². The average Bonchev–Trinajstić information content (AvgIpc) is 2.62. The zero-order valence-electron chi connectivity index (χ0n) is 13.3. The summed E-state index contributed by atoms with van der Waals surface area (Å²) >= 11 is 1.44. The van der Waals surface area contributed by atoms with Crippen molar-refractivity contribution in [2.75, 3.05) is 19.0 Å². The van der Waals surface area contributed by atoms with Gasteiger partial charge in [0.05, 0.1) is 12.1 Å². The molecule has 0 aliphatic carbocycles. The summed E-state index contributed by atoms with van der Waals surface area (Å²) in [5, 5.41) is 0.423. The van der Waals surface area contributed by atoms with Crippen molar-refractivity contribution in [1.29, 1.82) is 0 Å². The minimum absolute atomic E-state index is 0.0154. The molecule has 0 radical (unpaired) electrons. The van der Waals surface area contributed by atoms with Gasteiger partial charge in [-0.15, -0.1) is 0 Å². The Bertz CT molecular complexity index is 833. The van der Waals surface area contributed by atoms with Gasteiger partial charge in [-0.2, -0.15) is 0 Å². The van der Waals surface area contributed by atoms with Gasteiger partial charge in [-0.25, -0.2) is 18.7 Å². The van der Waals surface area contributed by atoms with Crippen molar-refractivity contribution >= 4 is 16.9 Å². The maximum Gasteiger partial charge on any atom is 0.154 e. The molecule has 5 nitrogen and oxygen atoms in total. The number of benzene rings is 1. The highest BCUT2D eigenvalue weighted by molar-refractivity contribution is 8.13. The van der Waals surface area contributed by atoms with E-state index >= 15 is 0 Å². The lowest BCUT2D eigenvalue weighted by Gasteiger charge is -2.44. The van der Waals surface area contributed by atoms with E-state index in [2.05, 4.69) is 15.0 Å². The van der Waals surface area contributed by atoms with Crippen LogP contribution in [0.2, 0.25) is 0 Å². The Morgan fingerprint density at radius 1 is 1.20 bits per heavy atom. The largest absolute Gasteiger partial charge is 0.381 e. The van der Waals surface area contributed by atoms with Crippen molar-refractivity contribution in [3.63, 3.8) is 0 Å². The van der Waals surface area contributed by atoms with Crippen LogP contribution in [-0.2, 0) is 10.3 Å². The molecule has 1 aromatic carbocycles. The summed E-state index contributed by atoms with van der Waals surface area (Å²) in [6.07, 6.45) is 4.87. The number of thioether (sulfide) groups is 1. The molecule has 0 amide bonds. The number of hydrogen-bond donors (Lipinski definition) is 1. The first-order valence-corrected chi connectivity index (χ1v) is 8.89. The van der Waals surface area contributed by atoms with Crippen LogP contribution in [-0.4, -0.2) is 34.1 Å². The number of rotatable bonds is 2. The van der Waals surface area contributed by atoms with E-state index < -0.39 is 17.2 Å². The van der Waals surface area contributed by atoms with Gasteiger partial charge >= 0.3 is 0 Å². The third kappa shape index (κ3) is 2.79. The van der Waals surface area contributed by atoms with Crippen molar-refractivity contribution in [2.45, 2.75) is 12.0 Å². The lowest BCUT2D eigenvalue weighted by Crippen LogP contribution is -2.47. The number of ether oxygens (including phenoxy) is 1. The Kier molecular flexibility index (Phi) is 4.16. The molecular formula is C17H16F2N4OS. The average molecular weight is 362 g/mol. The molecule has 130 valence electrons. The van der Waals surface area contributed by atoms with Crippen LogP contribution in [0.25, 0.3) is 11.1 Å². The van der Waals surface area contributed by atoms with Crippen molar-refractivity contribution in [2.24, 2.45) is 16.6 Å². The lowest BCUT2D eigenvalue weighted by atomic mass is 9.75. The van der Waals surface area contributed by atoms with Gasteiger partial charge in [0.15, 0.2) is 5.17 Å². The summed E-state index contributed by atoms with van der Waals surface area (Å²) in [6, 6.07) is 2.43. The van der Waals surface area contributed by atoms with E-state index in [4.69, 9.17) is 10.5 Å². The van der Waals surface area contributed by atoms with E-state index in [0.717, 1.165) is 6.07 Å². The molecule has 8 heteroatoms. The van der Waals surface area contributed by atoms with E-state index in [0.29, 0.717) is 41.7 Å². The fourth-order valence-electron chi connectivity index (χ4n) is 3.50. The Morgan fingerprint density at radius 2 is 2.00 bits per heavy atom. The van der Waals surface area contributed by atoms with Gasteiger partial charge in [0, 0.05) is 59.8 Å². The number of nitrogens with zero attached hydrogens (tertiary/aromatic N) is 3. The normalized spacial score (nSPS) is 26.0. The van der Waals surface area contributed by atoms with Gasteiger partial charge in [-0.3, -0.25) is 4.99 Å². The topological polar surface area (TPSA) is 73.4 Å². The zero-order chi connectivity index (χ0) is 17.4. The molecular weight excluding hydrogens is 346 g/mol. The fraction of sp³-hybridized carbons (Fsp3) is 0.353. The summed E-state index contributed by atoms with van der Waals surface area (Å²) < 4.78 is 34.8. The first-order valence-electron chi connectivity index (χ1n) is 7.91. The van der Waals surface area contributed by atoms with Crippen LogP contribution in [0.15, 0.2) is 35.8 Å².